The average molecular weight is 1190 g/mol. The predicted octanol–water partition coefficient (Wildman–Crippen LogP) is 20.9. The Hall–Kier alpha value is 0.0574. The van der Waals surface area contributed by atoms with Crippen molar-refractivity contribution >= 4 is 150 Å². The van der Waals surface area contributed by atoms with Gasteiger partial charge in [-0.2, -0.15) is 0 Å². The first-order valence-electron chi connectivity index (χ1n) is 25.9. The van der Waals surface area contributed by atoms with Crippen LogP contribution in [0.1, 0.15) is 165 Å². The molecule has 0 aliphatic heterocycles. The van der Waals surface area contributed by atoms with Crippen molar-refractivity contribution < 1.29 is 0 Å². The Morgan fingerprint density at radius 2 is 0.812 bits per heavy atom. The molecule has 0 spiro atoms. The van der Waals surface area contributed by atoms with Gasteiger partial charge in [-0.25, -0.2) is 0 Å². The summed E-state index contributed by atoms with van der Waals surface area (Å²) in [7, 11) is 0. The molecular weight excluding hydrogens is 1100 g/mol. The van der Waals surface area contributed by atoms with Crippen LogP contribution in [0.3, 0.4) is 0 Å². The molecule has 0 bridgehead atoms. The summed E-state index contributed by atoms with van der Waals surface area (Å²) in [4.78, 5) is 22.4. The van der Waals surface area contributed by atoms with Gasteiger partial charge >= 0.3 is 347 Å². The zero-order valence-corrected chi connectivity index (χ0v) is 52.7. The van der Waals surface area contributed by atoms with Crippen molar-refractivity contribution in [1.29, 1.82) is 0 Å². The van der Waals surface area contributed by atoms with E-state index in [-0.39, 0.29) is 0 Å². The van der Waals surface area contributed by atoms with E-state index in [0.717, 1.165) is 11.8 Å². The SMILES string of the molecule is CCCCCCc1c(CC(CC)CCCC)sc2cc(-c3c4c[c]([Sn]([CH3])([CH3])[CH3])sc4c(-c4cc5sc(CC(CC)CCCC)c(CCCCCC)c5s4)c4c[c]([Sn]([CH3])([CH3])[CH3])sc34)sc12. The van der Waals surface area contributed by atoms with Crippen LogP contribution >= 0.6 is 68.0 Å². The molecule has 2 atom stereocenters. The number of thiophene rings is 6. The van der Waals surface area contributed by atoms with Crippen LogP contribution in [0.4, 0.5) is 0 Å². The van der Waals surface area contributed by atoms with E-state index in [1.807, 2.05) is 0 Å². The van der Waals surface area contributed by atoms with Gasteiger partial charge in [0.25, 0.3) is 0 Å². The van der Waals surface area contributed by atoms with E-state index < -0.39 is 36.8 Å². The van der Waals surface area contributed by atoms with Crippen molar-refractivity contribution in [3.05, 3.63) is 45.1 Å². The van der Waals surface area contributed by atoms with Gasteiger partial charge in [0.1, 0.15) is 0 Å². The fraction of sp³-hybridized carbons (Fsp3) is 0.607. The molecule has 0 aliphatic rings. The predicted molar refractivity (Wildman–Crippen MR) is 310 cm³/mol. The molecule has 350 valence electrons. The number of hydrogen-bond acceptors (Lipinski definition) is 6. The summed E-state index contributed by atoms with van der Waals surface area (Å²) in [6, 6.07) is 10.8. The van der Waals surface area contributed by atoms with Crippen molar-refractivity contribution in [2.45, 2.75) is 200 Å². The first-order valence-corrected chi connectivity index (χ1v) is 50.7. The summed E-state index contributed by atoms with van der Waals surface area (Å²) in [6.07, 6.45) is 26.4. The molecule has 1 aromatic carbocycles. The summed E-state index contributed by atoms with van der Waals surface area (Å²) in [5.74, 6) is 1.62. The Morgan fingerprint density at radius 1 is 0.422 bits per heavy atom. The van der Waals surface area contributed by atoms with E-state index in [2.05, 4.69) is 163 Å². The van der Waals surface area contributed by atoms with Crippen molar-refractivity contribution in [2.75, 3.05) is 0 Å². The second-order valence-electron chi connectivity index (χ2n) is 21.4. The Bertz CT molecular complexity index is 2350. The summed E-state index contributed by atoms with van der Waals surface area (Å²) in [5.41, 5.74) is 6.60. The molecule has 0 fully saturated rings. The van der Waals surface area contributed by atoms with Gasteiger partial charge in [0, 0.05) is 0 Å². The molecule has 0 aliphatic carbocycles. The van der Waals surface area contributed by atoms with Crippen LogP contribution in [-0.4, -0.2) is 36.8 Å². The molecule has 0 saturated heterocycles. The fourth-order valence-corrected chi connectivity index (χ4v) is 28.7. The summed E-state index contributed by atoms with van der Waals surface area (Å²) >= 11 is 8.19. The Labute approximate surface area is 422 Å². The molecule has 0 nitrogen and oxygen atoms in total. The Balaban J connectivity index is 1.43. The molecule has 0 amide bonds. The monoisotopic (exact) mass is 1190 g/mol. The first kappa shape index (κ1) is 51.9. The topological polar surface area (TPSA) is 0 Å². The summed E-state index contributed by atoms with van der Waals surface area (Å²) in [5, 5.41) is 3.13. The van der Waals surface area contributed by atoms with Crippen LogP contribution in [0.5, 0.6) is 0 Å². The van der Waals surface area contributed by atoms with Crippen molar-refractivity contribution in [2.24, 2.45) is 11.8 Å². The maximum absolute atomic E-state index is 2.74. The number of unbranched alkanes of at least 4 members (excludes halogenated alkanes) is 8. The van der Waals surface area contributed by atoms with Gasteiger partial charge in [-0.05, 0) is 0 Å². The van der Waals surface area contributed by atoms with Gasteiger partial charge < -0.3 is 0 Å². The van der Waals surface area contributed by atoms with E-state index in [0.29, 0.717) is 0 Å². The van der Waals surface area contributed by atoms with E-state index in [4.69, 9.17) is 0 Å². The van der Waals surface area contributed by atoms with Gasteiger partial charge in [0.15, 0.2) is 0 Å². The van der Waals surface area contributed by atoms with Gasteiger partial charge in [-0.3, -0.25) is 0 Å². The molecule has 0 saturated carbocycles. The van der Waals surface area contributed by atoms with Crippen LogP contribution in [0.25, 0.3) is 59.9 Å². The van der Waals surface area contributed by atoms with Gasteiger partial charge in [0.05, 0.1) is 0 Å². The molecule has 2 unspecified atom stereocenters. The van der Waals surface area contributed by atoms with Crippen LogP contribution in [0.2, 0.25) is 29.6 Å². The third kappa shape index (κ3) is 11.8. The van der Waals surface area contributed by atoms with Gasteiger partial charge in [-0.1, -0.05) is 80.1 Å². The molecule has 6 heterocycles. The third-order valence-electron chi connectivity index (χ3n) is 14.1. The zero-order chi connectivity index (χ0) is 45.8. The molecule has 7 aromatic rings. The average Bonchev–Trinajstić information content (AvgIpc) is 4.11. The van der Waals surface area contributed by atoms with E-state index >= 15 is 0 Å². The number of fused-ring (bicyclic) bond motifs is 4. The Kier molecular flexibility index (Phi) is 18.9. The number of hydrogen-bond donors (Lipinski definition) is 0. The third-order valence-corrected chi connectivity index (χ3v) is 40.4. The standard InChI is InChI=1S/C50H64S6.6CH3.2Sn/c1-7-13-17-19-23-35-39(29-33(11-5)21-15-9-3)53-43-31-41(55-47(35)43)45-37-25-27-52-50(37)46(38-26-28-51-49(38)45)42-32-44-48(56-42)36(24-20-18-14-8-2)40(54-44)30-34(12-6)22-16-10-4;;;;;;;;/h25-26,31-34H,7-24,29-30H2,1-6H3;6*1H3;;. The quantitative estimate of drug-likeness (QED) is 0.0374. The molecule has 0 radical (unpaired) electrons. The van der Waals surface area contributed by atoms with E-state index in [1.165, 1.54) is 138 Å². The van der Waals surface area contributed by atoms with Gasteiger partial charge in [0.2, 0.25) is 0 Å². The second kappa shape index (κ2) is 23.3. The number of rotatable bonds is 26. The second-order valence-corrected chi connectivity index (χ2v) is 58.7. The molecule has 7 rings (SSSR count). The van der Waals surface area contributed by atoms with E-state index in [9.17, 15) is 0 Å². The molecule has 64 heavy (non-hydrogen) atoms. The molecular formula is C56H82S6Sn2. The zero-order valence-electron chi connectivity index (χ0n) is 42.1. The van der Waals surface area contributed by atoms with Crippen molar-refractivity contribution in [1.82, 2.24) is 0 Å². The minimum absolute atomic E-state index is 0.810. The first-order chi connectivity index (χ1) is 30.7. The van der Waals surface area contributed by atoms with Crippen LogP contribution in [-0.2, 0) is 25.7 Å². The summed E-state index contributed by atoms with van der Waals surface area (Å²) in [6.45, 7) is 14.3. The molecule has 8 heteroatoms. The number of benzene rings is 1. The fourth-order valence-electron chi connectivity index (χ4n) is 9.91. The van der Waals surface area contributed by atoms with Gasteiger partial charge in [-0.15, -0.1) is 0 Å². The van der Waals surface area contributed by atoms with Crippen LogP contribution in [0.15, 0.2) is 24.3 Å². The van der Waals surface area contributed by atoms with E-state index in [1.54, 1.807) is 76.8 Å². The van der Waals surface area contributed by atoms with Crippen molar-refractivity contribution in [3.63, 3.8) is 0 Å². The van der Waals surface area contributed by atoms with Crippen LogP contribution < -0.4 is 5.79 Å². The summed E-state index contributed by atoms with van der Waals surface area (Å²) < 4.78 is 13.0. The van der Waals surface area contributed by atoms with Crippen LogP contribution in [0, 0.1) is 11.8 Å². The molecule has 6 aromatic heterocycles. The maximum atomic E-state index is 2.74. The normalized spacial score (nSPS) is 13.8. The number of aryl methyl sites for hydroxylation is 2. The van der Waals surface area contributed by atoms with Crippen molar-refractivity contribution in [3.8, 4) is 20.9 Å². The Morgan fingerprint density at radius 3 is 1.16 bits per heavy atom. The molecule has 0 N–H and O–H groups in total. The minimum atomic E-state index is -2.45.